The minimum absolute atomic E-state index is 0.0212. The van der Waals surface area contributed by atoms with Gasteiger partial charge in [-0.25, -0.2) is 9.67 Å². The fourth-order valence-electron chi connectivity index (χ4n) is 2.59. The summed E-state index contributed by atoms with van der Waals surface area (Å²) >= 11 is 0. The van der Waals surface area contributed by atoms with Crippen LogP contribution in [0.2, 0.25) is 0 Å². The Morgan fingerprint density at radius 3 is 2.62 bits per heavy atom. The van der Waals surface area contributed by atoms with Gasteiger partial charge < -0.3 is 5.32 Å². The van der Waals surface area contributed by atoms with Crippen LogP contribution < -0.4 is 10.9 Å². The van der Waals surface area contributed by atoms with Crippen LogP contribution in [-0.4, -0.2) is 31.8 Å². The summed E-state index contributed by atoms with van der Waals surface area (Å²) in [5.74, 6) is -0.0212. The summed E-state index contributed by atoms with van der Waals surface area (Å²) in [5.41, 5.74) is 1.01. The first-order valence-electron chi connectivity index (χ1n) is 8.59. The van der Waals surface area contributed by atoms with E-state index in [0.29, 0.717) is 30.7 Å². The summed E-state index contributed by atoms with van der Waals surface area (Å²) in [5, 5.41) is 7.60. The minimum atomic E-state index is -0.435. The normalized spacial score (nSPS) is 11.7. The predicted molar refractivity (Wildman–Crippen MR) is 99.8 cm³/mol. The standard InChI is InChI=1S/C19H23N5O2/c1-19(2,3)18(26)20-9-10-24-16-15(11-22-24)17(25)23(13-21-16)12-14-7-5-4-6-8-14/h4-8,11,13H,9-10,12H2,1-3H3,(H,20,26). The summed E-state index contributed by atoms with van der Waals surface area (Å²) in [6, 6.07) is 9.76. The molecule has 0 aliphatic carbocycles. The smallest absolute Gasteiger partial charge is 0.264 e. The predicted octanol–water partition coefficient (Wildman–Crippen LogP) is 1.80. The molecule has 2 heterocycles. The Morgan fingerprint density at radius 2 is 1.92 bits per heavy atom. The fraction of sp³-hybridized carbons (Fsp3) is 0.368. The summed E-state index contributed by atoms with van der Waals surface area (Å²) in [6.45, 7) is 6.95. The zero-order chi connectivity index (χ0) is 18.7. The molecule has 0 unspecified atom stereocenters. The number of nitrogens with zero attached hydrogens (tertiary/aromatic N) is 4. The van der Waals surface area contributed by atoms with Crippen LogP contribution in [0.5, 0.6) is 0 Å². The first-order chi connectivity index (χ1) is 12.4. The minimum Gasteiger partial charge on any atom is -0.354 e. The van der Waals surface area contributed by atoms with Gasteiger partial charge in [-0.2, -0.15) is 5.10 Å². The second kappa shape index (κ2) is 7.11. The number of benzene rings is 1. The van der Waals surface area contributed by atoms with Crippen LogP contribution in [0.1, 0.15) is 26.3 Å². The molecule has 0 saturated carbocycles. The molecule has 1 N–H and O–H groups in total. The van der Waals surface area contributed by atoms with Crippen LogP contribution in [0.15, 0.2) is 47.7 Å². The molecule has 7 heteroatoms. The molecule has 26 heavy (non-hydrogen) atoms. The molecule has 3 rings (SSSR count). The highest BCUT2D eigenvalue weighted by Crippen LogP contribution is 2.12. The van der Waals surface area contributed by atoms with Crippen molar-refractivity contribution in [2.75, 3.05) is 6.54 Å². The quantitative estimate of drug-likeness (QED) is 0.758. The van der Waals surface area contributed by atoms with Crippen molar-refractivity contribution >= 4 is 16.9 Å². The molecule has 0 aliphatic heterocycles. The maximum Gasteiger partial charge on any atom is 0.264 e. The number of amides is 1. The van der Waals surface area contributed by atoms with Gasteiger partial charge in [0.1, 0.15) is 11.7 Å². The highest BCUT2D eigenvalue weighted by molar-refractivity contribution is 5.81. The number of rotatable bonds is 5. The molecule has 0 fully saturated rings. The third-order valence-corrected chi connectivity index (χ3v) is 4.11. The average Bonchev–Trinajstić information content (AvgIpc) is 3.01. The maximum atomic E-state index is 12.7. The van der Waals surface area contributed by atoms with Gasteiger partial charge in [-0.15, -0.1) is 0 Å². The van der Waals surface area contributed by atoms with Crippen LogP contribution in [0.4, 0.5) is 0 Å². The third-order valence-electron chi connectivity index (χ3n) is 4.11. The second-order valence-electron chi connectivity index (χ2n) is 7.27. The Kier molecular flexibility index (Phi) is 4.88. The zero-order valence-corrected chi connectivity index (χ0v) is 15.3. The molecule has 1 amide bonds. The Hall–Kier alpha value is -2.96. The number of hydrogen-bond acceptors (Lipinski definition) is 4. The van der Waals surface area contributed by atoms with E-state index in [4.69, 9.17) is 0 Å². The zero-order valence-electron chi connectivity index (χ0n) is 15.3. The van der Waals surface area contributed by atoms with E-state index in [1.807, 2.05) is 51.1 Å². The van der Waals surface area contributed by atoms with Crippen molar-refractivity contribution in [3.05, 3.63) is 58.8 Å². The summed E-state index contributed by atoms with van der Waals surface area (Å²) in [7, 11) is 0. The van der Waals surface area contributed by atoms with Crippen molar-refractivity contribution in [1.82, 2.24) is 24.6 Å². The Balaban J connectivity index is 1.75. The lowest BCUT2D eigenvalue weighted by molar-refractivity contribution is -0.128. The van der Waals surface area contributed by atoms with Crippen molar-refractivity contribution in [3.63, 3.8) is 0 Å². The first-order valence-corrected chi connectivity index (χ1v) is 8.59. The maximum absolute atomic E-state index is 12.7. The van der Waals surface area contributed by atoms with Crippen LogP contribution in [0.3, 0.4) is 0 Å². The number of aromatic nitrogens is 4. The van der Waals surface area contributed by atoms with Gasteiger partial charge in [-0.3, -0.25) is 14.2 Å². The largest absolute Gasteiger partial charge is 0.354 e. The van der Waals surface area contributed by atoms with E-state index in [-0.39, 0.29) is 11.5 Å². The van der Waals surface area contributed by atoms with Gasteiger partial charge in [0.15, 0.2) is 5.65 Å². The Morgan fingerprint density at radius 1 is 1.19 bits per heavy atom. The molecule has 0 atom stereocenters. The molecular formula is C19H23N5O2. The van der Waals surface area contributed by atoms with E-state index in [9.17, 15) is 9.59 Å². The summed E-state index contributed by atoms with van der Waals surface area (Å²) < 4.78 is 3.22. The van der Waals surface area contributed by atoms with Crippen molar-refractivity contribution in [3.8, 4) is 0 Å². The van der Waals surface area contributed by atoms with Crippen LogP contribution in [0.25, 0.3) is 11.0 Å². The van der Waals surface area contributed by atoms with Crippen molar-refractivity contribution < 1.29 is 4.79 Å². The fourth-order valence-corrected chi connectivity index (χ4v) is 2.59. The molecule has 1 aromatic carbocycles. The van der Waals surface area contributed by atoms with Gasteiger partial charge >= 0.3 is 0 Å². The second-order valence-corrected chi connectivity index (χ2v) is 7.27. The van der Waals surface area contributed by atoms with E-state index in [1.54, 1.807) is 15.6 Å². The Bertz CT molecular complexity index is 967. The number of carbonyl (C=O) groups excluding carboxylic acids is 1. The van der Waals surface area contributed by atoms with E-state index in [1.165, 1.54) is 6.20 Å². The molecule has 7 nitrogen and oxygen atoms in total. The van der Waals surface area contributed by atoms with Gasteiger partial charge in [0, 0.05) is 12.0 Å². The molecule has 2 aromatic heterocycles. The topological polar surface area (TPSA) is 81.8 Å². The van der Waals surface area contributed by atoms with Gasteiger partial charge in [0.25, 0.3) is 5.56 Å². The highest BCUT2D eigenvalue weighted by atomic mass is 16.2. The molecule has 0 spiro atoms. The summed E-state index contributed by atoms with van der Waals surface area (Å²) in [6.07, 6.45) is 3.08. The van der Waals surface area contributed by atoms with Crippen molar-refractivity contribution in [1.29, 1.82) is 0 Å². The van der Waals surface area contributed by atoms with E-state index < -0.39 is 5.41 Å². The van der Waals surface area contributed by atoms with Gasteiger partial charge in [-0.1, -0.05) is 51.1 Å². The monoisotopic (exact) mass is 353 g/mol. The van der Waals surface area contributed by atoms with Crippen molar-refractivity contribution in [2.24, 2.45) is 5.41 Å². The lowest BCUT2D eigenvalue weighted by Crippen LogP contribution is -2.36. The highest BCUT2D eigenvalue weighted by Gasteiger charge is 2.20. The number of hydrogen-bond donors (Lipinski definition) is 1. The third kappa shape index (κ3) is 3.82. The molecule has 0 bridgehead atoms. The molecule has 0 radical (unpaired) electrons. The number of fused-ring (bicyclic) bond motifs is 1. The number of carbonyl (C=O) groups is 1. The molecule has 0 aliphatic rings. The van der Waals surface area contributed by atoms with Gasteiger partial charge in [0.05, 0.1) is 19.3 Å². The van der Waals surface area contributed by atoms with Crippen LogP contribution in [-0.2, 0) is 17.9 Å². The molecule has 136 valence electrons. The average molecular weight is 353 g/mol. The molecule has 3 aromatic rings. The Labute approximate surface area is 151 Å². The lowest BCUT2D eigenvalue weighted by Gasteiger charge is -2.17. The molecular weight excluding hydrogens is 330 g/mol. The number of nitrogens with one attached hydrogen (secondary N) is 1. The van der Waals surface area contributed by atoms with Crippen molar-refractivity contribution in [2.45, 2.75) is 33.9 Å². The summed E-state index contributed by atoms with van der Waals surface area (Å²) in [4.78, 5) is 29.0. The van der Waals surface area contributed by atoms with Gasteiger partial charge in [0.2, 0.25) is 5.91 Å². The van der Waals surface area contributed by atoms with Gasteiger partial charge in [-0.05, 0) is 5.56 Å². The van der Waals surface area contributed by atoms with E-state index in [0.717, 1.165) is 5.56 Å². The first kappa shape index (κ1) is 17.8. The molecule has 0 saturated heterocycles. The van der Waals surface area contributed by atoms with E-state index in [2.05, 4.69) is 15.4 Å². The van der Waals surface area contributed by atoms with Crippen LogP contribution >= 0.6 is 0 Å². The van der Waals surface area contributed by atoms with E-state index >= 15 is 0 Å². The van der Waals surface area contributed by atoms with Crippen LogP contribution in [0, 0.1) is 5.41 Å². The lowest BCUT2D eigenvalue weighted by atomic mass is 9.96. The SMILES string of the molecule is CC(C)(C)C(=O)NCCn1ncc2c(=O)n(Cc3ccccc3)cnc21.